The van der Waals surface area contributed by atoms with Gasteiger partial charge in [-0.05, 0) is 64.1 Å². The van der Waals surface area contributed by atoms with Crippen LogP contribution in [0.15, 0.2) is 12.1 Å². The van der Waals surface area contributed by atoms with Gasteiger partial charge in [-0.15, -0.1) is 0 Å². The number of aromatic nitrogens is 2. The van der Waals surface area contributed by atoms with Gasteiger partial charge in [0.05, 0.1) is 22.9 Å². The van der Waals surface area contributed by atoms with Gasteiger partial charge in [0.15, 0.2) is 0 Å². The number of hydrogen-bond acceptors (Lipinski definition) is 8. The van der Waals surface area contributed by atoms with Gasteiger partial charge in [-0.1, -0.05) is 11.6 Å². The Hall–Kier alpha value is -2.83. The second-order valence-corrected chi connectivity index (χ2v) is 12.9. The number of piperazine rings is 1. The Kier molecular flexibility index (Phi) is 6.93. The molecule has 0 radical (unpaired) electrons. The summed E-state index contributed by atoms with van der Waals surface area (Å²) in [5.41, 5.74) is -0.977. The number of anilines is 2. The summed E-state index contributed by atoms with van der Waals surface area (Å²) in [4.78, 5) is 28.9. The number of likely N-dealkylation sites (tertiary alicyclic amines) is 1. The number of ether oxygens (including phenoxy) is 1. The summed E-state index contributed by atoms with van der Waals surface area (Å²) in [6, 6.07) is 2.46. The molecular weight excluding hydrogens is 573 g/mol. The Morgan fingerprint density at radius 1 is 1.10 bits per heavy atom. The monoisotopic (exact) mass is 606 g/mol. The average Bonchev–Trinajstić information content (AvgIpc) is 3.33. The van der Waals surface area contributed by atoms with Crippen LogP contribution in [0.1, 0.15) is 60.1 Å². The van der Waals surface area contributed by atoms with Crippen LogP contribution in [0.2, 0.25) is 5.02 Å². The van der Waals surface area contributed by atoms with Crippen LogP contribution in [0.4, 0.5) is 24.7 Å². The Morgan fingerprint density at radius 2 is 1.81 bits per heavy atom. The molecule has 42 heavy (non-hydrogen) atoms. The number of carbonyl (C=O) groups is 1. The smallest absolute Gasteiger partial charge is 0.419 e. The molecule has 1 aliphatic carbocycles. The number of rotatable bonds is 7. The minimum absolute atomic E-state index is 0.0316. The van der Waals surface area contributed by atoms with Crippen molar-refractivity contribution in [3.05, 3.63) is 34.0 Å². The van der Waals surface area contributed by atoms with Crippen molar-refractivity contribution in [3.63, 3.8) is 0 Å². The number of fused-ring (bicyclic) bond motifs is 3. The highest BCUT2D eigenvalue weighted by atomic mass is 35.5. The quantitative estimate of drug-likeness (QED) is 0.483. The molecule has 0 unspecified atom stereocenters. The zero-order valence-electron chi connectivity index (χ0n) is 23.2. The van der Waals surface area contributed by atoms with Crippen molar-refractivity contribution >= 4 is 29.0 Å². The summed E-state index contributed by atoms with van der Waals surface area (Å²) < 4.78 is 48.4. The van der Waals surface area contributed by atoms with Gasteiger partial charge in [-0.25, -0.2) is 0 Å². The van der Waals surface area contributed by atoms with Gasteiger partial charge in [-0.3, -0.25) is 4.79 Å². The lowest BCUT2D eigenvalue weighted by atomic mass is 10.0. The minimum Gasteiger partial charge on any atom is -0.508 e. The van der Waals surface area contributed by atoms with E-state index in [1.54, 1.807) is 0 Å². The molecule has 1 aromatic carbocycles. The third kappa shape index (κ3) is 5.26. The van der Waals surface area contributed by atoms with Gasteiger partial charge in [0.1, 0.15) is 17.3 Å². The lowest BCUT2D eigenvalue weighted by Gasteiger charge is -2.37. The normalized spacial score (nSPS) is 25.2. The molecule has 13 heteroatoms. The van der Waals surface area contributed by atoms with Gasteiger partial charge >= 0.3 is 12.2 Å². The Morgan fingerprint density at radius 3 is 2.48 bits per heavy atom. The van der Waals surface area contributed by atoms with E-state index >= 15 is 0 Å². The molecule has 226 valence electrons. The number of nitrogens with zero attached hydrogens (tertiary/aromatic N) is 5. The second kappa shape index (κ2) is 10.4. The number of benzene rings is 1. The van der Waals surface area contributed by atoms with Crippen molar-refractivity contribution in [2.75, 3.05) is 55.7 Å². The van der Waals surface area contributed by atoms with E-state index in [4.69, 9.17) is 21.3 Å². The first-order chi connectivity index (χ1) is 20.1. The van der Waals surface area contributed by atoms with Crippen molar-refractivity contribution in [2.24, 2.45) is 5.41 Å². The fraction of sp³-hybridized carbons (Fsp3) is 0.621. The zero-order chi connectivity index (χ0) is 29.2. The summed E-state index contributed by atoms with van der Waals surface area (Å²) in [7, 11) is 0. The molecule has 2 N–H and O–H groups in total. The number of phenolic OH excluding ortho intramolecular Hbond substituents is 1. The standard InChI is InChI=1S/C29H34ClF3N6O3/c30-21-11-19(40)12-22(23(21)29(31,32)33)39-10-5-20-24(26(39)41)35-27(36-25(20)38-13-17-3-4-18(14-38)34-17)42-16-28(6-7-28)15-37-8-1-2-9-37/h11-12,17-18,34,40H,1-10,13-16H2/t17-,18+. The molecule has 3 saturated heterocycles. The van der Waals surface area contributed by atoms with E-state index in [1.165, 1.54) is 12.8 Å². The van der Waals surface area contributed by atoms with Crippen molar-refractivity contribution in [2.45, 2.75) is 63.2 Å². The molecule has 1 amide bonds. The number of phenols is 1. The number of carbonyl (C=O) groups excluding carboxylic acids is 1. The Bertz CT molecular complexity index is 1390. The molecular formula is C29H34ClF3N6O3. The van der Waals surface area contributed by atoms with E-state index in [9.17, 15) is 23.1 Å². The number of halogens is 4. The molecule has 0 spiro atoms. The van der Waals surface area contributed by atoms with Crippen LogP contribution < -0.4 is 19.9 Å². The fourth-order valence-corrected chi connectivity index (χ4v) is 7.38. The number of alkyl halides is 3. The van der Waals surface area contributed by atoms with Crippen LogP contribution >= 0.6 is 11.6 Å². The summed E-state index contributed by atoms with van der Waals surface area (Å²) >= 11 is 5.94. The maximum Gasteiger partial charge on any atom is 0.419 e. The molecule has 2 bridgehead atoms. The first kappa shape index (κ1) is 28.0. The predicted molar refractivity (Wildman–Crippen MR) is 151 cm³/mol. The van der Waals surface area contributed by atoms with Crippen LogP contribution in [-0.2, 0) is 12.6 Å². The van der Waals surface area contributed by atoms with E-state index < -0.39 is 34.1 Å². The number of hydrogen-bond donors (Lipinski definition) is 2. The first-order valence-electron chi connectivity index (χ1n) is 14.8. The highest BCUT2D eigenvalue weighted by molar-refractivity contribution is 6.32. The fourth-order valence-electron chi connectivity index (χ4n) is 7.07. The van der Waals surface area contributed by atoms with Crippen LogP contribution in [0.3, 0.4) is 0 Å². The summed E-state index contributed by atoms with van der Waals surface area (Å²) in [6.45, 7) is 4.96. The third-order valence-corrected chi connectivity index (χ3v) is 9.66. The Balaban J connectivity index is 1.23. The molecule has 9 nitrogen and oxygen atoms in total. The van der Waals surface area contributed by atoms with Crippen molar-refractivity contribution in [1.82, 2.24) is 20.2 Å². The maximum atomic E-state index is 14.1. The first-order valence-corrected chi connectivity index (χ1v) is 15.1. The third-order valence-electron chi connectivity index (χ3n) is 9.36. The lowest BCUT2D eigenvalue weighted by Crippen LogP contribution is -2.52. The molecule has 7 rings (SSSR count). The number of nitrogens with one attached hydrogen (secondary N) is 1. The van der Waals surface area contributed by atoms with E-state index in [-0.39, 0.29) is 30.1 Å². The van der Waals surface area contributed by atoms with E-state index in [1.807, 2.05) is 0 Å². The molecule has 2 atom stereocenters. The van der Waals surface area contributed by atoms with E-state index in [0.29, 0.717) is 30.1 Å². The van der Waals surface area contributed by atoms with Crippen LogP contribution in [0, 0.1) is 5.41 Å². The topological polar surface area (TPSA) is 94.1 Å². The van der Waals surface area contributed by atoms with Gasteiger partial charge in [0, 0.05) is 55.3 Å². The minimum atomic E-state index is -4.83. The van der Waals surface area contributed by atoms with E-state index in [0.717, 1.165) is 75.4 Å². The lowest BCUT2D eigenvalue weighted by molar-refractivity contribution is -0.137. The van der Waals surface area contributed by atoms with Crippen LogP contribution in [0.25, 0.3) is 0 Å². The molecule has 1 saturated carbocycles. The predicted octanol–water partition coefficient (Wildman–Crippen LogP) is 4.25. The van der Waals surface area contributed by atoms with Crippen molar-refractivity contribution in [3.8, 4) is 11.8 Å². The maximum absolute atomic E-state index is 14.1. The zero-order valence-corrected chi connectivity index (χ0v) is 24.0. The molecule has 2 aromatic rings. The largest absolute Gasteiger partial charge is 0.508 e. The van der Waals surface area contributed by atoms with Gasteiger partial charge < -0.3 is 29.9 Å². The second-order valence-electron chi connectivity index (χ2n) is 12.5. The van der Waals surface area contributed by atoms with E-state index in [2.05, 4.69) is 20.1 Å². The highest BCUT2D eigenvalue weighted by Gasteiger charge is 2.46. The van der Waals surface area contributed by atoms with Gasteiger partial charge in [-0.2, -0.15) is 23.1 Å². The van der Waals surface area contributed by atoms with Crippen molar-refractivity contribution in [1.29, 1.82) is 0 Å². The highest BCUT2D eigenvalue weighted by Crippen LogP contribution is 2.48. The van der Waals surface area contributed by atoms with Crippen molar-refractivity contribution < 1.29 is 27.8 Å². The molecule has 1 aromatic heterocycles. The summed E-state index contributed by atoms with van der Waals surface area (Å²) in [6.07, 6.45) is 2.05. The molecule has 5 aliphatic rings. The average molecular weight is 607 g/mol. The molecule has 4 aliphatic heterocycles. The Labute approximate surface area is 247 Å². The molecule has 5 heterocycles. The van der Waals surface area contributed by atoms with Crippen LogP contribution in [-0.4, -0.2) is 83.8 Å². The van der Waals surface area contributed by atoms with Crippen LogP contribution in [0.5, 0.6) is 11.8 Å². The number of amides is 1. The SMILES string of the molecule is O=C1c2nc(OCC3(CN4CCCC4)CC3)nc(N3C[C@H]4CC[C@@H](C3)N4)c2CCN1c1cc(O)cc(Cl)c1C(F)(F)F. The van der Waals surface area contributed by atoms with Gasteiger partial charge in [0.25, 0.3) is 5.91 Å². The number of aromatic hydroxyl groups is 1. The summed E-state index contributed by atoms with van der Waals surface area (Å²) in [5.74, 6) is -0.540. The molecule has 4 fully saturated rings. The van der Waals surface area contributed by atoms with Gasteiger partial charge in [0.2, 0.25) is 0 Å². The summed E-state index contributed by atoms with van der Waals surface area (Å²) in [5, 5.41) is 13.0.